The van der Waals surface area contributed by atoms with Crippen molar-refractivity contribution in [3.05, 3.63) is 36.7 Å². The minimum absolute atomic E-state index is 0.169. The van der Waals surface area contributed by atoms with Crippen LogP contribution in [0.3, 0.4) is 0 Å². The Labute approximate surface area is 141 Å². The molecule has 0 saturated heterocycles. The van der Waals surface area contributed by atoms with Gasteiger partial charge in [0, 0.05) is 25.2 Å². The molecule has 0 bridgehead atoms. The molecule has 2 amide bonds. The zero-order valence-corrected chi connectivity index (χ0v) is 13.8. The van der Waals surface area contributed by atoms with E-state index < -0.39 is 0 Å². The van der Waals surface area contributed by atoms with E-state index in [1.165, 1.54) is 4.80 Å². The van der Waals surface area contributed by atoms with Crippen molar-refractivity contribution in [2.45, 2.75) is 31.8 Å². The number of nitrogens with one attached hydrogen (secondary N) is 1. The zero-order valence-electron chi connectivity index (χ0n) is 13.8. The maximum atomic E-state index is 12.3. The van der Waals surface area contributed by atoms with Crippen molar-refractivity contribution in [2.75, 3.05) is 18.9 Å². The molecule has 0 radical (unpaired) electrons. The summed E-state index contributed by atoms with van der Waals surface area (Å²) in [4.78, 5) is 15.5. The molecule has 0 aliphatic heterocycles. The molecule has 1 aromatic carbocycles. The molecule has 1 heterocycles. The summed E-state index contributed by atoms with van der Waals surface area (Å²) >= 11 is 0. The largest absolute Gasteiger partial charge is 0.393 e. The van der Waals surface area contributed by atoms with Crippen LogP contribution in [0.1, 0.15) is 25.7 Å². The fourth-order valence-electron chi connectivity index (χ4n) is 3.08. The van der Waals surface area contributed by atoms with E-state index in [1.54, 1.807) is 24.3 Å². The van der Waals surface area contributed by atoms with Crippen LogP contribution in [0.25, 0.3) is 5.69 Å². The highest BCUT2D eigenvalue weighted by Crippen LogP contribution is 2.25. The number of rotatable bonds is 4. The van der Waals surface area contributed by atoms with E-state index in [-0.39, 0.29) is 18.1 Å². The Morgan fingerprint density at radius 1 is 1.25 bits per heavy atom. The van der Waals surface area contributed by atoms with Gasteiger partial charge in [-0.15, -0.1) is 0 Å². The first kappa shape index (κ1) is 16.4. The predicted octanol–water partition coefficient (Wildman–Crippen LogP) is 2.28. The molecule has 2 unspecified atom stereocenters. The maximum Gasteiger partial charge on any atom is 0.321 e. The van der Waals surface area contributed by atoms with Gasteiger partial charge in [0.15, 0.2) is 0 Å². The second kappa shape index (κ2) is 7.44. The summed E-state index contributed by atoms with van der Waals surface area (Å²) in [6, 6.07) is 7.17. The number of nitrogens with zero attached hydrogens (tertiary/aromatic N) is 4. The summed E-state index contributed by atoms with van der Waals surface area (Å²) < 4.78 is 0. The van der Waals surface area contributed by atoms with Crippen molar-refractivity contribution in [3.8, 4) is 5.69 Å². The van der Waals surface area contributed by atoms with Gasteiger partial charge in [0.25, 0.3) is 0 Å². The monoisotopic (exact) mass is 329 g/mol. The number of urea groups is 1. The Bertz CT molecular complexity index is 656. The molecule has 7 nitrogen and oxygen atoms in total. The highest BCUT2D eigenvalue weighted by molar-refractivity contribution is 5.89. The maximum absolute atomic E-state index is 12.3. The first-order chi connectivity index (χ1) is 11.6. The lowest BCUT2D eigenvalue weighted by Crippen LogP contribution is -2.40. The number of benzene rings is 1. The van der Waals surface area contributed by atoms with Crippen molar-refractivity contribution in [1.29, 1.82) is 0 Å². The molecule has 0 spiro atoms. The smallest absolute Gasteiger partial charge is 0.321 e. The van der Waals surface area contributed by atoms with Gasteiger partial charge < -0.3 is 15.3 Å². The van der Waals surface area contributed by atoms with Crippen molar-refractivity contribution in [1.82, 2.24) is 19.9 Å². The number of aliphatic hydroxyl groups is 1. The Balaban J connectivity index is 1.55. The molecule has 1 aliphatic carbocycles. The number of amides is 2. The van der Waals surface area contributed by atoms with E-state index in [1.807, 2.05) is 24.3 Å². The Hall–Kier alpha value is -2.41. The van der Waals surface area contributed by atoms with Gasteiger partial charge >= 0.3 is 6.03 Å². The van der Waals surface area contributed by atoms with Gasteiger partial charge in [-0.25, -0.2) is 4.79 Å². The molecular weight excluding hydrogens is 306 g/mol. The number of carbonyl (C=O) groups excluding carboxylic acids is 1. The highest BCUT2D eigenvalue weighted by Gasteiger charge is 2.25. The van der Waals surface area contributed by atoms with E-state index in [4.69, 9.17) is 0 Å². The standard InChI is InChI=1S/C17H23N5O2/c1-21(12-13-4-2-3-5-16(13)23)17(24)20-14-6-8-15(9-7-14)22-18-10-11-19-22/h6-11,13,16,23H,2-5,12H2,1H3,(H,20,24). The molecule has 1 saturated carbocycles. The molecular formula is C17H23N5O2. The SMILES string of the molecule is CN(CC1CCCCC1O)C(=O)Nc1ccc(-n2nccn2)cc1. The average Bonchev–Trinajstić information content (AvgIpc) is 3.12. The Morgan fingerprint density at radius 2 is 1.92 bits per heavy atom. The van der Waals surface area contributed by atoms with Crippen molar-refractivity contribution in [3.63, 3.8) is 0 Å². The lowest BCUT2D eigenvalue weighted by atomic mass is 9.86. The van der Waals surface area contributed by atoms with Crippen LogP contribution in [0, 0.1) is 5.92 Å². The molecule has 1 aliphatic rings. The molecule has 7 heteroatoms. The van der Waals surface area contributed by atoms with E-state index in [0.717, 1.165) is 31.4 Å². The lowest BCUT2D eigenvalue weighted by molar-refractivity contribution is 0.0575. The van der Waals surface area contributed by atoms with Gasteiger partial charge in [-0.05, 0) is 37.1 Å². The van der Waals surface area contributed by atoms with Crippen LogP contribution >= 0.6 is 0 Å². The summed E-state index contributed by atoms with van der Waals surface area (Å²) in [6.45, 7) is 0.572. The van der Waals surface area contributed by atoms with Gasteiger partial charge in [0.05, 0.1) is 24.2 Å². The molecule has 24 heavy (non-hydrogen) atoms. The summed E-state index contributed by atoms with van der Waals surface area (Å²) in [5.74, 6) is 0.169. The third-order valence-corrected chi connectivity index (χ3v) is 4.49. The Kier molecular flexibility index (Phi) is 5.10. The lowest BCUT2D eigenvalue weighted by Gasteiger charge is -2.31. The predicted molar refractivity (Wildman–Crippen MR) is 91.0 cm³/mol. The van der Waals surface area contributed by atoms with E-state index in [9.17, 15) is 9.90 Å². The number of carbonyl (C=O) groups is 1. The van der Waals surface area contributed by atoms with Crippen molar-refractivity contribution >= 4 is 11.7 Å². The minimum Gasteiger partial charge on any atom is -0.393 e. The summed E-state index contributed by atoms with van der Waals surface area (Å²) in [7, 11) is 1.76. The van der Waals surface area contributed by atoms with Crippen LogP contribution in [0.4, 0.5) is 10.5 Å². The third-order valence-electron chi connectivity index (χ3n) is 4.49. The number of hydrogen-bond acceptors (Lipinski definition) is 4. The molecule has 2 aromatic rings. The van der Waals surface area contributed by atoms with Gasteiger partial charge in [0.2, 0.25) is 0 Å². The normalized spacial score (nSPS) is 20.6. The first-order valence-corrected chi connectivity index (χ1v) is 8.30. The van der Waals surface area contributed by atoms with E-state index >= 15 is 0 Å². The molecule has 2 N–H and O–H groups in total. The molecule has 1 aromatic heterocycles. The van der Waals surface area contributed by atoms with Gasteiger partial charge in [0.1, 0.15) is 0 Å². The Morgan fingerprint density at radius 3 is 2.58 bits per heavy atom. The quantitative estimate of drug-likeness (QED) is 0.901. The molecule has 3 rings (SSSR count). The first-order valence-electron chi connectivity index (χ1n) is 8.30. The molecule has 2 atom stereocenters. The van der Waals surface area contributed by atoms with Crippen LogP contribution in [-0.4, -0.2) is 50.7 Å². The number of aliphatic hydroxyl groups excluding tert-OH is 1. The summed E-state index contributed by atoms with van der Waals surface area (Å²) in [5, 5.41) is 21.0. The summed E-state index contributed by atoms with van der Waals surface area (Å²) in [6.07, 6.45) is 6.95. The fraction of sp³-hybridized carbons (Fsp3) is 0.471. The third kappa shape index (κ3) is 3.91. The van der Waals surface area contributed by atoms with E-state index in [0.29, 0.717) is 12.2 Å². The minimum atomic E-state index is -0.296. The summed E-state index contributed by atoms with van der Waals surface area (Å²) in [5.41, 5.74) is 1.55. The second-order valence-corrected chi connectivity index (χ2v) is 6.29. The van der Waals surface area contributed by atoms with Gasteiger partial charge in [-0.3, -0.25) is 0 Å². The van der Waals surface area contributed by atoms with Crippen LogP contribution in [-0.2, 0) is 0 Å². The molecule has 1 fully saturated rings. The van der Waals surface area contributed by atoms with Crippen LogP contribution in [0.5, 0.6) is 0 Å². The van der Waals surface area contributed by atoms with Crippen molar-refractivity contribution < 1.29 is 9.90 Å². The number of anilines is 1. The van der Waals surface area contributed by atoms with Crippen LogP contribution in [0.15, 0.2) is 36.7 Å². The zero-order chi connectivity index (χ0) is 16.9. The van der Waals surface area contributed by atoms with E-state index in [2.05, 4.69) is 15.5 Å². The number of hydrogen-bond donors (Lipinski definition) is 2. The van der Waals surface area contributed by atoms with Crippen LogP contribution < -0.4 is 5.32 Å². The molecule has 128 valence electrons. The van der Waals surface area contributed by atoms with Gasteiger partial charge in [-0.1, -0.05) is 12.8 Å². The number of aromatic nitrogens is 3. The topological polar surface area (TPSA) is 83.3 Å². The van der Waals surface area contributed by atoms with Crippen LogP contribution in [0.2, 0.25) is 0 Å². The fourth-order valence-corrected chi connectivity index (χ4v) is 3.08. The average molecular weight is 329 g/mol. The highest BCUT2D eigenvalue weighted by atomic mass is 16.3. The second-order valence-electron chi connectivity index (χ2n) is 6.29. The van der Waals surface area contributed by atoms with Crippen molar-refractivity contribution in [2.24, 2.45) is 5.92 Å². The van der Waals surface area contributed by atoms with Gasteiger partial charge in [-0.2, -0.15) is 15.0 Å².